The molecule has 0 aliphatic carbocycles. The Labute approximate surface area is 146 Å². The third-order valence-electron chi connectivity index (χ3n) is 2.52. The zero-order valence-electron chi connectivity index (χ0n) is 10.5. The molecule has 0 aliphatic rings. The fourth-order valence-corrected chi connectivity index (χ4v) is 3.51. The van der Waals surface area contributed by atoms with Crippen LogP contribution in [0.25, 0.3) is 0 Å². The first-order valence-electron chi connectivity index (χ1n) is 5.58. The predicted octanol–water partition coefficient (Wildman–Crippen LogP) is 4.74. The molecule has 0 amide bonds. The largest absolute Gasteiger partial charge is 0.305 e. The van der Waals surface area contributed by atoms with E-state index in [2.05, 4.69) is 10.3 Å². The highest BCUT2D eigenvalue weighted by Gasteiger charge is 2.17. The molecule has 2 N–H and O–H groups in total. The van der Waals surface area contributed by atoms with E-state index in [9.17, 15) is 12.8 Å². The summed E-state index contributed by atoms with van der Waals surface area (Å²) >= 11 is 23.2. The van der Waals surface area contributed by atoms with E-state index in [1.165, 1.54) is 12.1 Å². The van der Waals surface area contributed by atoms with Crippen molar-refractivity contribution in [2.24, 2.45) is 0 Å². The lowest BCUT2D eigenvalue weighted by atomic mass is 10.3. The Kier molecular flexibility index (Phi) is 5.42. The zero-order chi connectivity index (χ0) is 16.5. The van der Waals surface area contributed by atoms with Gasteiger partial charge < -0.3 is 5.43 Å². The first kappa shape index (κ1) is 17.6. The molecule has 0 saturated heterocycles. The monoisotopic (exact) mass is 402 g/mol. The molecule has 0 bridgehead atoms. The molecule has 0 radical (unpaired) electrons. The number of sulfonamides is 1. The van der Waals surface area contributed by atoms with E-state index in [1.54, 1.807) is 0 Å². The summed E-state index contributed by atoms with van der Waals surface area (Å²) in [5.41, 5.74) is 2.51. The van der Waals surface area contributed by atoms with Crippen LogP contribution >= 0.6 is 46.4 Å². The summed E-state index contributed by atoms with van der Waals surface area (Å²) in [6.07, 6.45) is 0. The summed E-state index contributed by atoms with van der Waals surface area (Å²) < 4.78 is 37.3. The number of hydrogen-bond acceptors (Lipinski definition) is 3. The number of rotatable bonds is 4. The van der Waals surface area contributed by atoms with Crippen LogP contribution in [-0.2, 0) is 10.0 Å². The molecule has 2 aromatic carbocycles. The molecule has 0 aliphatic heterocycles. The van der Waals surface area contributed by atoms with Crippen molar-refractivity contribution in [1.29, 1.82) is 0 Å². The van der Waals surface area contributed by atoms with Gasteiger partial charge in [-0.3, -0.25) is 0 Å². The van der Waals surface area contributed by atoms with Gasteiger partial charge in [-0.2, -0.15) is 0 Å². The molecule has 4 nitrogen and oxygen atoms in total. The van der Waals surface area contributed by atoms with Crippen LogP contribution in [0.15, 0.2) is 35.2 Å². The van der Waals surface area contributed by atoms with Gasteiger partial charge in [0.05, 0.1) is 25.7 Å². The van der Waals surface area contributed by atoms with Gasteiger partial charge in [0.1, 0.15) is 5.82 Å². The van der Waals surface area contributed by atoms with Crippen molar-refractivity contribution in [3.05, 3.63) is 56.2 Å². The van der Waals surface area contributed by atoms with Crippen molar-refractivity contribution < 1.29 is 12.8 Å². The highest BCUT2D eigenvalue weighted by Crippen LogP contribution is 2.33. The van der Waals surface area contributed by atoms with Crippen molar-refractivity contribution in [2.45, 2.75) is 4.90 Å². The lowest BCUT2D eigenvalue weighted by Gasteiger charge is -2.12. The molecule has 0 atom stereocenters. The summed E-state index contributed by atoms with van der Waals surface area (Å²) in [6.45, 7) is 0. The summed E-state index contributed by atoms with van der Waals surface area (Å²) in [5, 5.41) is 0.230. The maximum atomic E-state index is 13.1. The maximum Gasteiger partial charge on any atom is 0.257 e. The molecule has 0 heterocycles. The van der Waals surface area contributed by atoms with Crippen LogP contribution in [0.4, 0.5) is 10.1 Å². The second-order valence-electron chi connectivity index (χ2n) is 4.05. The number of halogens is 5. The Balaban J connectivity index is 2.25. The van der Waals surface area contributed by atoms with Gasteiger partial charge in [0, 0.05) is 5.02 Å². The Morgan fingerprint density at radius 3 is 2.05 bits per heavy atom. The topological polar surface area (TPSA) is 58.2 Å². The summed E-state index contributed by atoms with van der Waals surface area (Å²) in [6, 6.07) is 5.77. The number of benzene rings is 2. The second kappa shape index (κ2) is 6.78. The van der Waals surface area contributed by atoms with E-state index >= 15 is 0 Å². The lowest BCUT2D eigenvalue weighted by molar-refractivity contribution is 0.586. The van der Waals surface area contributed by atoms with Crippen LogP contribution < -0.4 is 10.3 Å². The molecule has 0 unspecified atom stereocenters. The quantitative estimate of drug-likeness (QED) is 0.724. The third-order valence-corrected chi connectivity index (χ3v) is 4.87. The highest BCUT2D eigenvalue weighted by atomic mass is 35.5. The van der Waals surface area contributed by atoms with Gasteiger partial charge in [-0.25, -0.2) is 12.8 Å². The highest BCUT2D eigenvalue weighted by molar-refractivity contribution is 7.89. The van der Waals surface area contributed by atoms with E-state index in [1.807, 2.05) is 0 Å². The average molecular weight is 404 g/mol. The lowest BCUT2D eigenvalue weighted by Crippen LogP contribution is -2.29. The fraction of sp³-hybridized carbons (Fsp3) is 0. The van der Waals surface area contributed by atoms with Gasteiger partial charge >= 0.3 is 0 Å². The minimum atomic E-state index is -4.00. The first-order valence-corrected chi connectivity index (χ1v) is 8.57. The fourth-order valence-electron chi connectivity index (χ4n) is 1.48. The van der Waals surface area contributed by atoms with Gasteiger partial charge in [-0.05, 0) is 30.3 Å². The minimum Gasteiger partial charge on any atom is -0.305 e. The van der Waals surface area contributed by atoms with Crippen LogP contribution in [0.1, 0.15) is 0 Å². The van der Waals surface area contributed by atoms with E-state index in [0.717, 1.165) is 18.2 Å². The molecular weight excluding hydrogens is 397 g/mol. The van der Waals surface area contributed by atoms with Crippen molar-refractivity contribution in [3.63, 3.8) is 0 Å². The molecule has 0 spiro atoms. The van der Waals surface area contributed by atoms with E-state index in [0.29, 0.717) is 5.02 Å². The third kappa shape index (κ3) is 3.95. The van der Waals surface area contributed by atoms with E-state index in [4.69, 9.17) is 46.4 Å². The molecular formula is C12H7Cl4FN2O2S. The van der Waals surface area contributed by atoms with Crippen LogP contribution in [0.3, 0.4) is 0 Å². The molecule has 2 aromatic rings. The normalized spacial score (nSPS) is 11.5. The van der Waals surface area contributed by atoms with Gasteiger partial charge in [0.2, 0.25) is 0 Å². The summed E-state index contributed by atoms with van der Waals surface area (Å²) in [5.74, 6) is -0.725. The minimum absolute atomic E-state index is 0.123. The van der Waals surface area contributed by atoms with Gasteiger partial charge in [0.15, 0.2) is 0 Å². The van der Waals surface area contributed by atoms with Crippen LogP contribution in [0, 0.1) is 5.82 Å². The Morgan fingerprint density at radius 1 is 0.909 bits per heavy atom. The van der Waals surface area contributed by atoms with Gasteiger partial charge in [0.25, 0.3) is 10.0 Å². The molecule has 118 valence electrons. The van der Waals surface area contributed by atoms with Crippen molar-refractivity contribution >= 4 is 62.1 Å². The molecule has 0 aromatic heterocycles. The van der Waals surface area contributed by atoms with Crippen LogP contribution in [-0.4, -0.2) is 8.42 Å². The van der Waals surface area contributed by atoms with E-state index < -0.39 is 15.8 Å². The van der Waals surface area contributed by atoms with Crippen molar-refractivity contribution in [3.8, 4) is 0 Å². The van der Waals surface area contributed by atoms with Crippen LogP contribution in [0.5, 0.6) is 0 Å². The number of hydrogen-bond donors (Lipinski definition) is 2. The van der Waals surface area contributed by atoms with Crippen LogP contribution in [0.2, 0.25) is 20.1 Å². The predicted molar refractivity (Wildman–Crippen MR) is 86.8 cm³/mol. The Bertz CT molecular complexity index is 807. The smallest absolute Gasteiger partial charge is 0.257 e. The zero-order valence-corrected chi connectivity index (χ0v) is 14.3. The molecule has 22 heavy (non-hydrogen) atoms. The molecule has 0 fully saturated rings. The standard InChI is InChI=1S/C12H7Cl4FN2O2S/c13-6-3-9(15)12(10(16)4-6)18-19-22(20,21)7-1-2-11(17)8(14)5-7/h1-5,18-19H. The summed E-state index contributed by atoms with van der Waals surface area (Å²) in [4.78, 5) is 1.84. The molecule has 0 saturated carbocycles. The maximum absolute atomic E-state index is 13.1. The number of nitrogens with one attached hydrogen (secondary N) is 2. The van der Waals surface area contributed by atoms with Gasteiger partial charge in [-0.15, -0.1) is 4.83 Å². The second-order valence-corrected chi connectivity index (χ2v) is 7.39. The van der Waals surface area contributed by atoms with Crippen molar-refractivity contribution in [2.75, 3.05) is 5.43 Å². The number of anilines is 1. The Hall–Kier alpha value is -0.760. The van der Waals surface area contributed by atoms with Gasteiger partial charge in [-0.1, -0.05) is 46.4 Å². The van der Waals surface area contributed by atoms with E-state index in [-0.39, 0.29) is 25.7 Å². The molecule has 10 heteroatoms. The molecule has 2 rings (SSSR count). The average Bonchev–Trinajstić information content (AvgIpc) is 2.40. The first-order chi connectivity index (χ1) is 10.2. The Morgan fingerprint density at radius 2 is 1.50 bits per heavy atom. The summed E-state index contributed by atoms with van der Waals surface area (Å²) in [7, 11) is -4.00. The van der Waals surface area contributed by atoms with Crippen molar-refractivity contribution in [1.82, 2.24) is 4.83 Å². The number of hydrazine groups is 1. The SMILES string of the molecule is O=S(=O)(NNc1c(Cl)cc(Cl)cc1Cl)c1ccc(F)c(Cl)c1.